The summed E-state index contributed by atoms with van der Waals surface area (Å²) in [6, 6.07) is 0. The van der Waals surface area contributed by atoms with Gasteiger partial charge in [-0.2, -0.15) is 14.4 Å². The van der Waals surface area contributed by atoms with E-state index in [4.69, 9.17) is 4.52 Å². The van der Waals surface area contributed by atoms with Gasteiger partial charge in [0.25, 0.3) is 15.9 Å². The summed E-state index contributed by atoms with van der Waals surface area (Å²) < 4.78 is 35.7. The van der Waals surface area contributed by atoms with Gasteiger partial charge in [0.1, 0.15) is 5.82 Å². The van der Waals surface area contributed by atoms with Gasteiger partial charge in [-0.05, 0) is 13.8 Å². The predicted molar refractivity (Wildman–Crippen MR) is 85.6 cm³/mol. The van der Waals surface area contributed by atoms with Crippen LogP contribution in [0.15, 0.2) is 15.7 Å². The minimum Gasteiger partial charge on any atom is -0.337 e. The van der Waals surface area contributed by atoms with Crippen molar-refractivity contribution < 1.29 is 12.9 Å². The van der Waals surface area contributed by atoms with E-state index in [1.807, 2.05) is 0 Å². The number of hydrogen-bond acceptors (Lipinski definition) is 7. The number of fused-ring (bicyclic) bond motifs is 1. The predicted octanol–water partition coefficient (Wildman–Crippen LogP) is 0.525. The van der Waals surface area contributed by atoms with Gasteiger partial charge in [0.05, 0.1) is 12.2 Å². The maximum Gasteiger partial charge on any atom is 0.278 e. The first kappa shape index (κ1) is 16.0. The van der Waals surface area contributed by atoms with Crippen molar-refractivity contribution in [2.75, 3.05) is 0 Å². The molecule has 0 radical (unpaired) electrons. The molecule has 25 heavy (non-hydrogen) atoms. The number of sulfonamides is 1. The second-order valence-electron chi connectivity index (χ2n) is 6.05. The Labute approximate surface area is 144 Å². The van der Waals surface area contributed by atoms with Gasteiger partial charge in [-0.15, -0.1) is 0 Å². The second-order valence-corrected chi connectivity index (χ2v) is 7.94. The molecule has 0 aliphatic carbocycles. The van der Waals surface area contributed by atoms with Gasteiger partial charge in [-0.3, -0.25) is 4.68 Å². The van der Waals surface area contributed by atoms with Crippen LogP contribution in [-0.2, 0) is 37.2 Å². The quantitative estimate of drug-likeness (QED) is 0.667. The van der Waals surface area contributed by atoms with Gasteiger partial charge in [-0.1, -0.05) is 5.16 Å². The Morgan fingerprint density at radius 1 is 1.16 bits per heavy atom. The third kappa shape index (κ3) is 2.38. The lowest BCUT2D eigenvalue weighted by Crippen LogP contribution is -2.27. The highest BCUT2D eigenvalue weighted by molar-refractivity contribution is 7.89. The fourth-order valence-corrected chi connectivity index (χ4v) is 4.28. The third-order valence-corrected chi connectivity index (χ3v) is 6.02. The van der Waals surface area contributed by atoms with Crippen LogP contribution in [0.5, 0.6) is 0 Å². The summed E-state index contributed by atoms with van der Waals surface area (Å²) in [7, 11) is -0.160. The maximum absolute atomic E-state index is 12.9. The molecule has 3 aromatic rings. The summed E-state index contributed by atoms with van der Waals surface area (Å²) in [5, 5.41) is 8.22. The molecule has 0 unspecified atom stereocenters. The van der Waals surface area contributed by atoms with Crippen molar-refractivity contribution in [3.8, 4) is 11.6 Å². The number of hydrogen-bond donors (Lipinski definition) is 0. The largest absolute Gasteiger partial charge is 0.337 e. The van der Waals surface area contributed by atoms with E-state index in [1.54, 1.807) is 37.2 Å². The zero-order valence-electron chi connectivity index (χ0n) is 14.3. The number of nitrogens with zero attached hydrogens (tertiary/aromatic N) is 7. The Bertz CT molecular complexity index is 1060. The molecule has 4 heterocycles. The Hall–Kier alpha value is -2.53. The summed E-state index contributed by atoms with van der Waals surface area (Å²) in [6.45, 7) is 3.90. The van der Waals surface area contributed by atoms with Crippen LogP contribution in [-0.4, -0.2) is 42.2 Å². The lowest BCUT2D eigenvalue weighted by molar-refractivity contribution is 0.412. The van der Waals surface area contributed by atoms with E-state index in [0.717, 1.165) is 11.3 Å². The molecule has 0 aromatic carbocycles. The van der Waals surface area contributed by atoms with Crippen LogP contribution in [0.25, 0.3) is 11.6 Å². The van der Waals surface area contributed by atoms with Crippen LogP contribution in [0.3, 0.4) is 0 Å². The Morgan fingerprint density at radius 2 is 1.92 bits per heavy atom. The highest BCUT2D eigenvalue weighted by Gasteiger charge is 2.37. The molecule has 0 saturated carbocycles. The van der Waals surface area contributed by atoms with E-state index < -0.39 is 10.0 Å². The molecule has 0 fully saturated rings. The molecule has 3 aromatic heterocycles. The van der Waals surface area contributed by atoms with Crippen molar-refractivity contribution in [2.45, 2.75) is 32.0 Å². The maximum atomic E-state index is 12.9. The summed E-state index contributed by atoms with van der Waals surface area (Å²) >= 11 is 0. The summed E-state index contributed by atoms with van der Waals surface area (Å²) in [5.74, 6) is 1.43. The monoisotopic (exact) mass is 363 g/mol. The van der Waals surface area contributed by atoms with E-state index >= 15 is 0 Å². The van der Waals surface area contributed by atoms with E-state index in [9.17, 15) is 8.42 Å². The average Bonchev–Trinajstić information content (AvgIpc) is 3.28. The van der Waals surface area contributed by atoms with Gasteiger partial charge in [0.2, 0.25) is 0 Å². The summed E-state index contributed by atoms with van der Waals surface area (Å²) in [4.78, 5) is 8.34. The second kappa shape index (κ2) is 5.23. The molecule has 0 bridgehead atoms. The lowest BCUT2D eigenvalue weighted by Gasteiger charge is -2.14. The molecule has 0 N–H and O–H groups in total. The molecule has 0 saturated heterocycles. The zero-order valence-corrected chi connectivity index (χ0v) is 15.1. The number of imidazole rings is 1. The normalized spacial score (nSPS) is 15.0. The van der Waals surface area contributed by atoms with Crippen molar-refractivity contribution in [1.29, 1.82) is 0 Å². The van der Waals surface area contributed by atoms with Crippen molar-refractivity contribution in [2.24, 2.45) is 14.1 Å². The SMILES string of the molecule is Cc1noc(-c2nn(C)c3c2CN(S(=O)(=O)c2cn(C)c(C)n2)C3)n1. The van der Waals surface area contributed by atoms with Crippen molar-refractivity contribution in [3.63, 3.8) is 0 Å². The van der Waals surface area contributed by atoms with Gasteiger partial charge < -0.3 is 9.09 Å². The lowest BCUT2D eigenvalue weighted by atomic mass is 10.2. The fourth-order valence-electron chi connectivity index (χ4n) is 2.88. The van der Waals surface area contributed by atoms with Crippen LogP contribution < -0.4 is 0 Å². The summed E-state index contributed by atoms with van der Waals surface area (Å²) in [5.41, 5.74) is 2.11. The van der Waals surface area contributed by atoms with Gasteiger partial charge in [-0.25, -0.2) is 13.4 Å². The number of rotatable bonds is 3. The Kier molecular flexibility index (Phi) is 3.34. The molecular weight excluding hydrogens is 346 g/mol. The zero-order chi connectivity index (χ0) is 17.9. The number of aromatic nitrogens is 6. The highest BCUT2D eigenvalue weighted by Crippen LogP contribution is 2.34. The minimum atomic E-state index is -3.69. The molecular formula is C14H17N7O3S. The average molecular weight is 363 g/mol. The van der Waals surface area contributed by atoms with Crippen LogP contribution in [0.2, 0.25) is 0 Å². The van der Waals surface area contributed by atoms with Crippen LogP contribution in [0.4, 0.5) is 0 Å². The molecule has 0 amide bonds. The smallest absolute Gasteiger partial charge is 0.278 e. The molecule has 132 valence electrons. The first-order valence-corrected chi connectivity index (χ1v) is 9.07. The summed E-state index contributed by atoms with van der Waals surface area (Å²) in [6.07, 6.45) is 1.52. The van der Waals surface area contributed by atoms with Gasteiger partial charge in [0, 0.05) is 32.4 Å². The molecule has 11 heteroatoms. The van der Waals surface area contributed by atoms with Crippen LogP contribution in [0.1, 0.15) is 22.9 Å². The standard InChI is InChI=1S/C14H17N7O3S/c1-8-15-14(24-18-8)13-10-5-21(6-11(10)20(4)17-13)25(22,23)12-7-19(3)9(2)16-12/h7H,5-6H2,1-4H3. The van der Waals surface area contributed by atoms with Crippen molar-refractivity contribution >= 4 is 10.0 Å². The molecule has 1 aliphatic rings. The third-order valence-electron chi connectivity index (χ3n) is 4.36. The molecule has 10 nitrogen and oxygen atoms in total. The fraction of sp³-hybridized carbons (Fsp3) is 0.429. The Balaban J connectivity index is 1.72. The first-order valence-electron chi connectivity index (χ1n) is 7.63. The van der Waals surface area contributed by atoms with E-state index in [1.165, 1.54) is 10.5 Å². The van der Waals surface area contributed by atoms with Gasteiger partial charge in [0.15, 0.2) is 16.5 Å². The minimum absolute atomic E-state index is 0.0449. The van der Waals surface area contributed by atoms with E-state index in [-0.39, 0.29) is 18.1 Å². The number of aryl methyl sites for hydroxylation is 4. The van der Waals surface area contributed by atoms with E-state index in [2.05, 4.69) is 20.2 Å². The molecule has 4 rings (SSSR count). The van der Waals surface area contributed by atoms with E-state index in [0.29, 0.717) is 23.2 Å². The van der Waals surface area contributed by atoms with Crippen molar-refractivity contribution in [1.82, 2.24) is 33.8 Å². The Morgan fingerprint density at radius 3 is 2.52 bits per heavy atom. The van der Waals surface area contributed by atoms with Gasteiger partial charge >= 0.3 is 0 Å². The first-order chi connectivity index (χ1) is 11.8. The molecule has 0 spiro atoms. The van der Waals surface area contributed by atoms with Crippen molar-refractivity contribution in [3.05, 3.63) is 29.1 Å². The topological polar surface area (TPSA) is 112 Å². The molecule has 0 atom stereocenters. The highest BCUT2D eigenvalue weighted by atomic mass is 32.2. The van der Waals surface area contributed by atoms with Crippen LogP contribution >= 0.6 is 0 Å². The molecule has 1 aliphatic heterocycles. The van der Waals surface area contributed by atoms with Crippen LogP contribution in [0, 0.1) is 13.8 Å².